The SMILES string of the molecule is O=C(Cc1cccnc1)OC1CC2CCC1C2. The van der Waals surface area contributed by atoms with Gasteiger partial charge in [-0.3, -0.25) is 9.78 Å². The van der Waals surface area contributed by atoms with Crippen LogP contribution in [0.4, 0.5) is 0 Å². The first kappa shape index (κ1) is 10.8. The van der Waals surface area contributed by atoms with Crippen LogP contribution in [0.2, 0.25) is 0 Å². The number of hydrogen-bond donors (Lipinski definition) is 0. The maximum atomic E-state index is 11.8. The lowest BCUT2D eigenvalue weighted by Gasteiger charge is -2.21. The minimum Gasteiger partial charge on any atom is -0.462 e. The van der Waals surface area contributed by atoms with Crippen molar-refractivity contribution in [2.75, 3.05) is 0 Å². The van der Waals surface area contributed by atoms with Crippen molar-refractivity contribution in [3.8, 4) is 0 Å². The average molecular weight is 231 g/mol. The van der Waals surface area contributed by atoms with Gasteiger partial charge in [0.05, 0.1) is 6.42 Å². The molecule has 90 valence electrons. The quantitative estimate of drug-likeness (QED) is 0.750. The fraction of sp³-hybridized carbons (Fsp3) is 0.571. The second kappa shape index (κ2) is 4.47. The molecular formula is C14H17NO2. The smallest absolute Gasteiger partial charge is 0.310 e. The van der Waals surface area contributed by atoms with Crippen molar-refractivity contribution in [2.45, 2.75) is 38.2 Å². The van der Waals surface area contributed by atoms with Gasteiger partial charge in [-0.1, -0.05) is 6.07 Å². The van der Waals surface area contributed by atoms with Gasteiger partial charge in [-0.05, 0) is 49.1 Å². The van der Waals surface area contributed by atoms with Crippen LogP contribution in [0.3, 0.4) is 0 Å². The molecule has 0 aromatic carbocycles. The third-order valence-corrected chi connectivity index (χ3v) is 4.03. The molecule has 0 aliphatic heterocycles. The number of pyridine rings is 1. The van der Waals surface area contributed by atoms with E-state index in [4.69, 9.17) is 4.74 Å². The summed E-state index contributed by atoms with van der Waals surface area (Å²) in [6.07, 6.45) is 8.91. The van der Waals surface area contributed by atoms with Crippen molar-refractivity contribution in [2.24, 2.45) is 11.8 Å². The van der Waals surface area contributed by atoms with Gasteiger partial charge in [-0.25, -0.2) is 0 Å². The Morgan fingerprint density at radius 1 is 1.41 bits per heavy atom. The molecule has 0 spiro atoms. The van der Waals surface area contributed by atoms with E-state index < -0.39 is 0 Å². The Hall–Kier alpha value is -1.38. The normalized spacial score (nSPS) is 30.5. The zero-order valence-electron chi connectivity index (χ0n) is 9.84. The van der Waals surface area contributed by atoms with E-state index in [1.54, 1.807) is 12.4 Å². The highest BCUT2D eigenvalue weighted by Crippen LogP contribution is 2.45. The summed E-state index contributed by atoms with van der Waals surface area (Å²) in [5, 5.41) is 0. The van der Waals surface area contributed by atoms with Crippen LogP contribution < -0.4 is 0 Å². The van der Waals surface area contributed by atoms with Crippen LogP contribution in [0.5, 0.6) is 0 Å². The summed E-state index contributed by atoms with van der Waals surface area (Å²) in [4.78, 5) is 15.8. The van der Waals surface area contributed by atoms with Gasteiger partial charge in [0.15, 0.2) is 0 Å². The average Bonchev–Trinajstić information content (AvgIpc) is 2.92. The highest BCUT2D eigenvalue weighted by Gasteiger charge is 2.41. The van der Waals surface area contributed by atoms with E-state index in [2.05, 4.69) is 4.98 Å². The van der Waals surface area contributed by atoms with E-state index >= 15 is 0 Å². The Morgan fingerprint density at radius 2 is 2.35 bits per heavy atom. The minimum atomic E-state index is -0.101. The van der Waals surface area contributed by atoms with Crippen LogP contribution in [0, 0.1) is 11.8 Å². The van der Waals surface area contributed by atoms with E-state index in [1.807, 2.05) is 12.1 Å². The zero-order chi connectivity index (χ0) is 11.7. The standard InChI is InChI=1S/C14H17NO2/c16-14(8-11-2-1-5-15-9-11)17-13-7-10-3-4-12(13)6-10/h1-2,5,9-10,12-13H,3-4,6-8H2. The first-order valence-electron chi connectivity index (χ1n) is 6.39. The number of fused-ring (bicyclic) bond motifs is 2. The fourth-order valence-corrected chi connectivity index (χ4v) is 3.21. The van der Waals surface area contributed by atoms with Gasteiger partial charge in [-0.2, -0.15) is 0 Å². The minimum absolute atomic E-state index is 0.101. The summed E-state index contributed by atoms with van der Waals surface area (Å²) < 4.78 is 5.58. The summed E-state index contributed by atoms with van der Waals surface area (Å²) in [6.45, 7) is 0. The van der Waals surface area contributed by atoms with Crippen molar-refractivity contribution >= 4 is 5.97 Å². The zero-order valence-corrected chi connectivity index (χ0v) is 9.84. The van der Waals surface area contributed by atoms with E-state index in [1.165, 1.54) is 19.3 Å². The van der Waals surface area contributed by atoms with Crippen molar-refractivity contribution in [1.82, 2.24) is 4.98 Å². The molecule has 0 N–H and O–H groups in total. The molecule has 2 bridgehead atoms. The fourth-order valence-electron chi connectivity index (χ4n) is 3.21. The number of nitrogens with zero attached hydrogens (tertiary/aromatic N) is 1. The van der Waals surface area contributed by atoms with Crippen LogP contribution >= 0.6 is 0 Å². The molecular weight excluding hydrogens is 214 g/mol. The predicted molar refractivity (Wildman–Crippen MR) is 63.3 cm³/mol. The van der Waals surface area contributed by atoms with Crippen LogP contribution in [0.25, 0.3) is 0 Å². The first-order chi connectivity index (χ1) is 8.31. The highest BCUT2D eigenvalue weighted by molar-refractivity contribution is 5.72. The van der Waals surface area contributed by atoms with Crippen molar-refractivity contribution in [1.29, 1.82) is 0 Å². The number of carbonyl (C=O) groups is 1. The van der Waals surface area contributed by atoms with E-state index in [-0.39, 0.29) is 12.1 Å². The molecule has 3 heteroatoms. The number of rotatable bonds is 3. The van der Waals surface area contributed by atoms with Gasteiger partial charge >= 0.3 is 5.97 Å². The molecule has 1 heterocycles. The predicted octanol–water partition coefficient (Wildman–Crippen LogP) is 2.36. The van der Waals surface area contributed by atoms with Crippen LogP contribution in [-0.4, -0.2) is 17.1 Å². The van der Waals surface area contributed by atoms with Crippen LogP contribution in [-0.2, 0) is 16.0 Å². The molecule has 3 rings (SSSR count). The lowest BCUT2D eigenvalue weighted by atomic mass is 9.98. The summed E-state index contributed by atoms with van der Waals surface area (Å²) in [5.74, 6) is 1.35. The second-order valence-corrected chi connectivity index (χ2v) is 5.24. The molecule has 2 aliphatic carbocycles. The van der Waals surface area contributed by atoms with Crippen LogP contribution in [0.1, 0.15) is 31.2 Å². The Morgan fingerprint density at radius 3 is 3.00 bits per heavy atom. The maximum Gasteiger partial charge on any atom is 0.310 e. The Labute approximate surface area is 101 Å². The third-order valence-electron chi connectivity index (χ3n) is 4.03. The molecule has 2 fully saturated rings. The molecule has 0 radical (unpaired) electrons. The number of hydrogen-bond acceptors (Lipinski definition) is 3. The lowest BCUT2D eigenvalue weighted by molar-refractivity contribution is -0.150. The van der Waals surface area contributed by atoms with E-state index in [0.717, 1.165) is 17.9 Å². The summed E-state index contributed by atoms with van der Waals surface area (Å²) in [6, 6.07) is 3.76. The molecule has 2 aliphatic rings. The first-order valence-corrected chi connectivity index (χ1v) is 6.39. The molecule has 1 aromatic heterocycles. The second-order valence-electron chi connectivity index (χ2n) is 5.24. The van der Waals surface area contributed by atoms with Gasteiger partial charge in [0.1, 0.15) is 6.10 Å². The van der Waals surface area contributed by atoms with E-state index in [0.29, 0.717) is 12.3 Å². The summed E-state index contributed by atoms with van der Waals surface area (Å²) in [5.41, 5.74) is 0.931. The third kappa shape index (κ3) is 2.33. The monoisotopic (exact) mass is 231 g/mol. The number of carbonyl (C=O) groups excluding carboxylic acids is 1. The van der Waals surface area contributed by atoms with Crippen molar-refractivity contribution in [3.63, 3.8) is 0 Å². The van der Waals surface area contributed by atoms with Gasteiger partial charge in [0, 0.05) is 12.4 Å². The van der Waals surface area contributed by atoms with E-state index in [9.17, 15) is 4.79 Å². The molecule has 0 saturated heterocycles. The Bertz CT molecular complexity index is 404. The highest BCUT2D eigenvalue weighted by atomic mass is 16.5. The van der Waals surface area contributed by atoms with Gasteiger partial charge < -0.3 is 4.74 Å². The molecule has 17 heavy (non-hydrogen) atoms. The molecule has 1 aromatic rings. The van der Waals surface area contributed by atoms with Crippen molar-refractivity contribution in [3.05, 3.63) is 30.1 Å². The maximum absolute atomic E-state index is 11.8. The summed E-state index contributed by atoms with van der Waals surface area (Å²) in [7, 11) is 0. The van der Waals surface area contributed by atoms with Gasteiger partial charge in [0.25, 0.3) is 0 Å². The molecule has 0 amide bonds. The summed E-state index contributed by atoms with van der Waals surface area (Å²) >= 11 is 0. The molecule has 3 nitrogen and oxygen atoms in total. The molecule has 2 saturated carbocycles. The largest absolute Gasteiger partial charge is 0.462 e. The lowest BCUT2D eigenvalue weighted by Crippen LogP contribution is -2.24. The Balaban J connectivity index is 1.54. The number of aromatic nitrogens is 1. The topological polar surface area (TPSA) is 39.2 Å². The number of ether oxygens (including phenoxy) is 1. The molecule has 3 atom stereocenters. The van der Waals surface area contributed by atoms with Gasteiger partial charge in [0.2, 0.25) is 0 Å². The van der Waals surface area contributed by atoms with Crippen molar-refractivity contribution < 1.29 is 9.53 Å². The number of esters is 1. The Kier molecular flexibility index (Phi) is 2.83. The van der Waals surface area contributed by atoms with Crippen LogP contribution in [0.15, 0.2) is 24.5 Å². The molecule has 3 unspecified atom stereocenters. The van der Waals surface area contributed by atoms with Gasteiger partial charge in [-0.15, -0.1) is 0 Å².